The van der Waals surface area contributed by atoms with Crippen molar-refractivity contribution in [2.75, 3.05) is 0 Å². The third-order valence-electron chi connectivity index (χ3n) is 2.81. The topological polar surface area (TPSA) is 92.4 Å². The Morgan fingerprint density at radius 2 is 1.85 bits per heavy atom. The van der Waals surface area contributed by atoms with Crippen molar-refractivity contribution in [1.29, 1.82) is 0 Å². The quantitative estimate of drug-likeness (QED) is 0.689. The first-order valence-corrected chi connectivity index (χ1v) is 6.63. The molecule has 0 fully saturated rings. The van der Waals surface area contributed by atoms with Crippen molar-refractivity contribution in [2.45, 2.75) is 26.3 Å². The van der Waals surface area contributed by atoms with Crippen LogP contribution >= 0.6 is 12.2 Å². The van der Waals surface area contributed by atoms with Gasteiger partial charge in [-0.1, -0.05) is 38.2 Å². The van der Waals surface area contributed by atoms with Crippen molar-refractivity contribution >= 4 is 29.1 Å². The van der Waals surface area contributed by atoms with Gasteiger partial charge < -0.3 is 16.2 Å². The number of carboxylic acids is 1. The Morgan fingerprint density at radius 3 is 2.25 bits per heavy atom. The lowest BCUT2D eigenvalue weighted by Crippen LogP contribution is -2.44. The van der Waals surface area contributed by atoms with Crippen LogP contribution in [0.5, 0.6) is 0 Å². The maximum atomic E-state index is 12.0. The van der Waals surface area contributed by atoms with Gasteiger partial charge in [0, 0.05) is 12.0 Å². The highest BCUT2D eigenvalue weighted by molar-refractivity contribution is 7.80. The number of aliphatic carboxylic acids is 1. The van der Waals surface area contributed by atoms with E-state index >= 15 is 0 Å². The van der Waals surface area contributed by atoms with Crippen LogP contribution in [-0.2, 0) is 11.2 Å². The van der Waals surface area contributed by atoms with Gasteiger partial charge in [-0.2, -0.15) is 0 Å². The molecule has 0 aromatic heterocycles. The van der Waals surface area contributed by atoms with E-state index in [1.165, 1.54) is 0 Å². The molecule has 0 radical (unpaired) electrons. The summed E-state index contributed by atoms with van der Waals surface area (Å²) in [4.78, 5) is 23.4. The molecule has 1 atom stereocenters. The van der Waals surface area contributed by atoms with Crippen LogP contribution in [0.1, 0.15) is 29.8 Å². The van der Waals surface area contributed by atoms with E-state index in [-0.39, 0.29) is 5.92 Å². The molecule has 1 rings (SSSR count). The average Bonchev–Trinajstić information content (AvgIpc) is 2.35. The molecule has 6 heteroatoms. The highest BCUT2D eigenvalue weighted by Crippen LogP contribution is 2.08. The number of hydrogen-bond donors (Lipinski definition) is 3. The summed E-state index contributed by atoms with van der Waals surface area (Å²) < 4.78 is 0. The first-order valence-electron chi connectivity index (χ1n) is 6.22. The number of hydrogen-bond acceptors (Lipinski definition) is 3. The summed E-state index contributed by atoms with van der Waals surface area (Å²) in [6.45, 7) is 3.48. The molecular formula is C14H18N2O3S. The number of thiocarbonyl (C=S) groups is 1. The highest BCUT2D eigenvalue weighted by atomic mass is 32.1. The van der Waals surface area contributed by atoms with Gasteiger partial charge in [-0.05, 0) is 23.6 Å². The van der Waals surface area contributed by atoms with E-state index < -0.39 is 17.9 Å². The third kappa shape index (κ3) is 4.62. The zero-order chi connectivity index (χ0) is 15.3. The van der Waals surface area contributed by atoms with Gasteiger partial charge in [0.1, 0.15) is 6.04 Å². The Bertz CT molecular complexity index is 512. The van der Waals surface area contributed by atoms with Crippen molar-refractivity contribution in [1.82, 2.24) is 5.32 Å². The van der Waals surface area contributed by atoms with E-state index in [2.05, 4.69) is 5.32 Å². The summed E-state index contributed by atoms with van der Waals surface area (Å²) in [5, 5.41) is 11.5. The highest BCUT2D eigenvalue weighted by Gasteiger charge is 2.23. The van der Waals surface area contributed by atoms with Gasteiger partial charge in [-0.25, -0.2) is 4.79 Å². The Morgan fingerprint density at radius 1 is 1.30 bits per heavy atom. The number of amides is 1. The first-order chi connectivity index (χ1) is 9.31. The van der Waals surface area contributed by atoms with Crippen LogP contribution in [0.2, 0.25) is 0 Å². The maximum Gasteiger partial charge on any atom is 0.326 e. The summed E-state index contributed by atoms with van der Waals surface area (Å²) in [5.74, 6) is -1.64. The molecule has 1 aromatic rings. The molecule has 1 unspecified atom stereocenters. The number of carboxylic acid groups (broad SMARTS) is 1. The molecule has 1 amide bonds. The molecule has 0 heterocycles. The van der Waals surface area contributed by atoms with Gasteiger partial charge in [0.2, 0.25) is 0 Å². The number of nitrogens with two attached hydrogens (primary N) is 1. The number of nitrogens with one attached hydrogen (secondary N) is 1. The fraction of sp³-hybridized carbons (Fsp3) is 0.357. The summed E-state index contributed by atoms with van der Waals surface area (Å²) in [7, 11) is 0. The van der Waals surface area contributed by atoms with E-state index in [0.29, 0.717) is 17.0 Å². The lowest BCUT2D eigenvalue weighted by molar-refractivity contribution is -0.140. The van der Waals surface area contributed by atoms with Crippen LogP contribution < -0.4 is 11.1 Å². The normalized spacial score (nSPS) is 11.9. The summed E-state index contributed by atoms with van der Waals surface area (Å²) in [5.41, 5.74) is 6.76. The molecule has 0 saturated heterocycles. The number of rotatable bonds is 6. The van der Waals surface area contributed by atoms with Gasteiger partial charge >= 0.3 is 5.97 Å². The van der Waals surface area contributed by atoms with Gasteiger partial charge in [0.25, 0.3) is 5.91 Å². The predicted molar refractivity (Wildman–Crippen MR) is 80.7 cm³/mol. The minimum Gasteiger partial charge on any atom is -0.480 e. The van der Waals surface area contributed by atoms with E-state index in [9.17, 15) is 9.59 Å². The van der Waals surface area contributed by atoms with Crippen LogP contribution in [0.4, 0.5) is 0 Å². The zero-order valence-electron chi connectivity index (χ0n) is 11.4. The number of carbonyl (C=O) groups is 2. The SMILES string of the molecule is CC(C)C(NC(=O)c1ccc(CC(N)=S)cc1)C(=O)O. The lowest BCUT2D eigenvalue weighted by atomic mass is 10.0. The Labute approximate surface area is 123 Å². The first kappa shape index (κ1) is 16.1. The smallest absolute Gasteiger partial charge is 0.326 e. The Balaban J connectivity index is 2.77. The van der Waals surface area contributed by atoms with Gasteiger partial charge in [-0.15, -0.1) is 0 Å². The minimum atomic E-state index is -1.04. The van der Waals surface area contributed by atoms with Crippen LogP contribution in [0, 0.1) is 5.92 Å². The molecule has 0 saturated carbocycles. The van der Waals surface area contributed by atoms with E-state index in [1.54, 1.807) is 38.1 Å². The molecule has 0 aliphatic carbocycles. The molecule has 0 aliphatic heterocycles. The van der Waals surface area contributed by atoms with Crippen molar-refractivity contribution < 1.29 is 14.7 Å². The standard InChI is InChI=1S/C14H18N2O3S/c1-8(2)12(14(18)19)16-13(17)10-5-3-9(4-6-10)7-11(15)20/h3-6,8,12H,7H2,1-2H3,(H2,15,20)(H,16,17)(H,18,19). The second-order valence-electron chi connectivity index (χ2n) is 4.87. The fourth-order valence-corrected chi connectivity index (χ4v) is 1.88. The molecule has 0 aliphatic rings. The number of carbonyl (C=O) groups excluding carboxylic acids is 1. The fourth-order valence-electron chi connectivity index (χ4n) is 1.71. The van der Waals surface area contributed by atoms with Crippen LogP contribution in [0.3, 0.4) is 0 Å². The van der Waals surface area contributed by atoms with E-state index in [4.69, 9.17) is 23.1 Å². The second kappa shape index (κ2) is 7.00. The molecule has 0 bridgehead atoms. The lowest BCUT2D eigenvalue weighted by Gasteiger charge is -2.17. The third-order valence-corrected chi connectivity index (χ3v) is 2.96. The summed E-state index contributed by atoms with van der Waals surface area (Å²) in [6, 6.07) is 5.85. The van der Waals surface area contributed by atoms with Crippen molar-refractivity contribution in [3.63, 3.8) is 0 Å². The van der Waals surface area contributed by atoms with Crippen LogP contribution in [0.15, 0.2) is 24.3 Å². The van der Waals surface area contributed by atoms with Gasteiger partial charge in [0.05, 0.1) is 4.99 Å². The van der Waals surface area contributed by atoms with Crippen LogP contribution in [-0.4, -0.2) is 28.0 Å². The summed E-state index contributed by atoms with van der Waals surface area (Å²) >= 11 is 4.81. The van der Waals surface area contributed by atoms with Crippen molar-refractivity contribution in [3.8, 4) is 0 Å². The number of benzene rings is 1. The van der Waals surface area contributed by atoms with Crippen molar-refractivity contribution in [3.05, 3.63) is 35.4 Å². The van der Waals surface area contributed by atoms with E-state index in [0.717, 1.165) is 5.56 Å². The van der Waals surface area contributed by atoms with E-state index in [1.807, 2.05) is 0 Å². The Kier molecular flexibility index (Phi) is 5.64. The molecule has 0 spiro atoms. The minimum absolute atomic E-state index is 0.190. The van der Waals surface area contributed by atoms with Gasteiger partial charge in [0.15, 0.2) is 0 Å². The molecule has 5 nitrogen and oxygen atoms in total. The monoisotopic (exact) mass is 294 g/mol. The zero-order valence-corrected chi connectivity index (χ0v) is 12.2. The largest absolute Gasteiger partial charge is 0.480 e. The molecule has 20 heavy (non-hydrogen) atoms. The van der Waals surface area contributed by atoms with Crippen molar-refractivity contribution in [2.24, 2.45) is 11.7 Å². The average molecular weight is 294 g/mol. The van der Waals surface area contributed by atoms with Gasteiger partial charge in [-0.3, -0.25) is 4.79 Å². The predicted octanol–water partition coefficient (Wildman–Crippen LogP) is 1.35. The summed E-state index contributed by atoms with van der Waals surface area (Å²) in [6.07, 6.45) is 0.473. The second-order valence-corrected chi connectivity index (χ2v) is 5.40. The molecule has 1 aromatic carbocycles. The Hall–Kier alpha value is -1.95. The van der Waals surface area contributed by atoms with Crippen LogP contribution in [0.25, 0.3) is 0 Å². The molecular weight excluding hydrogens is 276 g/mol. The molecule has 108 valence electrons. The maximum absolute atomic E-state index is 12.0. The molecule has 4 N–H and O–H groups in total.